The van der Waals surface area contributed by atoms with Crippen LogP contribution in [0.5, 0.6) is 0 Å². The van der Waals surface area contributed by atoms with Gasteiger partial charge in [-0.15, -0.1) is 6.58 Å². The van der Waals surface area contributed by atoms with Gasteiger partial charge in [-0.3, -0.25) is 0 Å². The van der Waals surface area contributed by atoms with Crippen LogP contribution in [0.4, 0.5) is 0 Å². The molecule has 4 rings (SSSR count). The molecule has 1 saturated carbocycles. The van der Waals surface area contributed by atoms with Crippen LogP contribution in [-0.2, 0) is 0 Å². The summed E-state index contributed by atoms with van der Waals surface area (Å²) in [5.41, 5.74) is 5.49. The lowest BCUT2D eigenvalue weighted by molar-refractivity contribution is 0.0870. The molecule has 0 spiro atoms. The lowest BCUT2D eigenvalue weighted by atomic mass is 9.60. The molecule has 27 heavy (non-hydrogen) atoms. The van der Waals surface area contributed by atoms with Gasteiger partial charge in [0.1, 0.15) is 0 Å². The Kier molecular flexibility index (Phi) is 5.62. The second-order valence-corrected chi connectivity index (χ2v) is 11.0. The molecule has 146 valence electrons. The molecular weight excluding hydrogens is 439 g/mol. The summed E-state index contributed by atoms with van der Waals surface area (Å²) in [6.07, 6.45) is 21.2. The highest BCUT2D eigenvalue weighted by Crippen LogP contribution is 2.61. The minimum absolute atomic E-state index is 0.401. The summed E-state index contributed by atoms with van der Waals surface area (Å²) in [6, 6.07) is 0. The summed E-state index contributed by atoms with van der Waals surface area (Å²) in [5, 5.41) is 0. The van der Waals surface area contributed by atoms with Crippen molar-refractivity contribution in [2.24, 2.45) is 35.0 Å². The van der Waals surface area contributed by atoms with Gasteiger partial charge in [-0.25, -0.2) is 0 Å². The number of fused-ring (bicyclic) bond motifs is 2. The highest BCUT2D eigenvalue weighted by atomic mass is 127. The molecule has 0 saturated heterocycles. The van der Waals surface area contributed by atoms with Crippen LogP contribution in [-0.4, -0.2) is 0 Å². The van der Waals surface area contributed by atoms with Crippen molar-refractivity contribution < 1.29 is 0 Å². The molecule has 0 aliphatic heterocycles. The van der Waals surface area contributed by atoms with E-state index in [0.29, 0.717) is 11.3 Å². The Morgan fingerprint density at radius 2 is 2.00 bits per heavy atom. The molecule has 1 fully saturated rings. The predicted octanol–water partition coefficient (Wildman–Crippen LogP) is 8.18. The zero-order chi connectivity index (χ0) is 19.2. The van der Waals surface area contributed by atoms with Crippen molar-refractivity contribution >= 4 is 22.6 Å². The van der Waals surface area contributed by atoms with Gasteiger partial charge < -0.3 is 0 Å². The molecule has 0 aromatic carbocycles. The van der Waals surface area contributed by atoms with Crippen LogP contribution in [0.15, 0.2) is 57.3 Å². The predicted molar refractivity (Wildman–Crippen MR) is 126 cm³/mol. The van der Waals surface area contributed by atoms with Crippen molar-refractivity contribution in [3.05, 3.63) is 57.3 Å². The van der Waals surface area contributed by atoms with Gasteiger partial charge in [0.25, 0.3) is 0 Å². The number of rotatable bonds is 3. The summed E-state index contributed by atoms with van der Waals surface area (Å²) >= 11 is 2.58. The van der Waals surface area contributed by atoms with E-state index in [9.17, 15) is 0 Å². The third-order valence-corrected chi connectivity index (χ3v) is 9.40. The van der Waals surface area contributed by atoms with Crippen molar-refractivity contribution in [3.63, 3.8) is 0 Å². The van der Waals surface area contributed by atoms with Crippen LogP contribution >= 0.6 is 22.6 Å². The first kappa shape index (κ1) is 19.7. The topological polar surface area (TPSA) is 0 Å². The third kappa shape index (κ3) is 3.26. The van der Waals surface area contributed by atoms with E-state index in [2.05, 4.69) is 80.3 Å². The van der Waals surface area contributed by atoms with Gasteiger partial charge >= 0.3 is 0 Å². The molecule has 1 heteroatoms. The Morgan fingerprint density at radius 1 is 1.19 bits per heavy atom. The maximum absolute atomic E-state index is 4.26. The monoisotopic (exact) mass is 474 g/mol. The summed E-state index contributed by atoms with van der Waals surface area (Å²) < 4.78 is 1.56. The van der Waals surface area contributed by atoms with E-state index in [4.69, 9.17) is 0 Å². The number of allylic oxidation sites excluding steroid dienone is 9. The molecule has 4 aliphatic rings. The molecule has 3 unspecified atom stereocenters. The Labute approximate surface area is 180 Å². The van der Waals surface area contributed by atoms with Crippen LogP contribution in [0.3, 0.4) is 0 Å². The molecule has 0 radical (unpaired) electrons. The molecule has 5 atom stereocenters. The molecule has 0 aromatic heterocycles. The van der Waals surface area contributed by atoms with E-state index in [0.717, 1.165) is 23.7 Å². The summed E-state index contributed by atoms with van der Waals surface area (Å²) in [6.45, 7) is 11.5. The van der Waals surface area contributed by atoms with Crippen LogP contribution in [0.1, 0.15) is 65.7 Å². The van der Waals surface area contributed by atoms with Crippen molar-refractivity contribution in [1.82, 2.24) is 0 Å². The molecule has 0 amide bonds. The van der Waals surface area contributed by atoms with E-state index >= 15 is 0 Å². The largest absolute Gasteiger partial charge is 0.102 e. The lowest BCUT2D eigenvalue weighted by Crippen LogP contribution is -2.37. The van der Waals surface area contributed by atoms with E-state index < -0.39 is 0 Å². The first-order valence-corrected chi connectivity index (χ1v) is 12.1. The molecule has 0 aromatic rings. The van der Waals surface area contributed by atoms with Gasteiger partial charge in [0.15, 0.2) is 0 Å². The average molecular weight is 474 g/mol. The summed E-state index contributed by atoms with van der Waals surface area (Å²) in [5.74, 6) is 3.89. The SMILES string of the molecule is C=CC1C(/C=C\C)=C(I)CC[C@H]1C1CC[C@@H]2C3=C(CCC=C3)C(C)(C)C2C1. The highest BCUT2D eigenvalue weighted by Gasteiger charge is 2.51. The second kappa shape index (κ2) is 7.69. The fourth-order valence-corrected chi connectivity index (χ4v) is 7.80. The van der Waals surface area contributed by atoms with E-state index in [1.165, 1.54) is 44.9 Å². The standard InChI is InChI=1S/C26H35I/c1-5-9-22-18(6-2)19(14-15-25(22)27)17-12-13-21-20-10-7-8-11-23(20)26(3,4)24(21)16-17/h5-7,9-10,17-19,21,24H,2,8,11-16H2,1,3-4H3/b9-5-/t17?,18?,19-,21+,24?/m0/s1. The van der Waals surface area contributed by atoms with Crippen LogP contribution < -0.4 is 0 Å². The average Bonchev–Trinajstić information content (AvgIpc) is 2.91. The summed E-state index contributed by atoms with van der Waals surface area (Å²) in [4.78, 5) is 0. The van der Waals surface area contributed by atoms with Gasteiger partial charge in [0.05, 0.1) is 0 Å². The molecule has 4 aliphatic carbocycles. The maximum atomic E-state index is 4.26. The Hall–Kier alpha value is -0.570. The highest BCUT2D eigenvalue weighted by molar-refractivity contribution is 14.1. The van der Waals surface area contributed by atoms with Crippen molar-refractivity contribution in [3.8, 4) is 0 Å². The van der Waals surface area contributed by atoms with Crippen molar-refractivity contribution in [2.45, 2.75) is 65.7 Å². The molecular formula is C26H35I. The maximum Gasteiger partial charge on any atom is 0.00534 e. The molecule has 0 nitrogen and oxygen atoms in total. The zero-order valence-electron chi connectivity index (χ0n) is 17.3. The smallest absolute Gasteiger partial charge is 0.00534 e. The second-order valence-electron chi connectivity index (χ2n) is 9.71. The fraction of sp³-hybridized carbons (Fsp3) is 0.615. The molecule has 0 bridgehead atoms. The van der Waals surface area contributed by atoms with Crippen molar-refractivity contribution in [2.75, 3.05) is 0 Å². The minimum atomic E-state index is 0.401. The number of hydrogen-bond acceptors (Lipinski definition) is 0. The van der Waals surface area contributed by atoms with Gasteiger partial charge in [0.2, 0.25) is 0 Å². The minimum Gasteiger partial charge on any atom is -0.102 e. The number of hydrogen-bond donors (Lipinski definition) is 0. The van der Waals surface area contributed by atoms with Gasteiger partial charge in [-0.2, -0.15) is 0 Å². The first-order chi connectivity index (χ1) is 13.0. The van der Waals surface area contributed by atoms with Crippen molar-refractivity contribution in [1.29, 1.82) is 0 Å². The quantitative estimate of drug-likeness (QED) is 0.286. The Bertz CT molecular complexity index is 729. The summed E-state index contributed by atoms with van der Waals surface area (Å²) in [7, 11) is 0. The number of halogens is 1. The van der Waals surface area contributed by atoms with Gasteiger partial charge in [-0.1, -0.05) is 49.8 Å². The fourth-order valence-electron chi connectivity index (χ4n) is 6.95. The van der Waals surface area contributed by atoms with Crippen LogP contribution in [0.2, 0.25) is 0 Å². The Balaban J connectivity index is 1.58. The van der Waals surface area contributed by atoms with E-state index in [-0.39, 0.29) is 0 Å². The Morgan fingerprint density at radius 3 is 2.74 bits per heavy atom. The lowest BCUT2D eigenvalue weighted by Gasteiger charge is -2.45. The van der Waals surface area contributed by atoms with Gasteiger partial charge in [-0.05, 0) is 118 Å². The molecule has 0 N–H and O–H groups in total. The third-order valence-electron chi connectivity index (χ3n) is 8.24. The van der Waals surface area contributed by atoms with E-state index in [1.54, 1.807) is 20.3 Å². The zero-order valence-corrected chi connectivity index (χ0v) is 19.5. The van der Waals surface area contributed by atoms with Crippen LogP contribution in [0.25, 0.3) is 0 Å². The first-order valence-electron chi connectivity index (χ1n) is 11.0. The van der Waals surface area contributed by atoms with E-state index in [1.807, 2.05) is 0 Å². The normalized spacial score (nSPS) is 38.3. The van der Waals surface area contributed by atoms with Gasteiger partial charge in [0, 0.05) is 5.92 Å². The molecule has 0 heterocycles. The van der Waals surface area contributed by atoms with Crippen LogP contribution in [0, 0.1) is 35.0 Å².